The van der Waals surface area contributed by atoms with Gasteiger partial charge in [0.1, 0.15) is 48.8 Å². The van der Waals surface area contributed by atoms with Crippen LogP contribution >= 0.6 is 0 Å². The molecule has 0 bridgehead atoms. The fraction of sp³-hybridized carbons (Fsp3) is 1.00. The van der Waals surface area contributed by atoms with E-state index in [1.807, 2.05) is 0 Å². The summed E-state index contributed by atoms with van der Waals surface area (Å²) in [6, 6.07) is 0. The van der Waals surface area contributed by atoms with Gasteiger partial charge in [-0.2, -0.15) is 0 Å². The van der Waals surface area contributed by atoms with Crippen LogP contribution in [0.2, 0.25) is 0 Å². The molecular weight excluding hydrogens is 516 g/mol. The van der Waals surface area contributed by atoms with Crippen LogP contribution in [0.25, 0.3) is 0 Å². The van der Waals surface area contributed by atoms with Crippen LogP contribution in [0.5, 0.6) is 0 Å². The van der Waals surface area contributed by atoms with E-state index in [0.717, 1.165) is 51.4 Å². The first-order valence-electron chi connectivity index (χ1n) is 14.5. The van der Waals surface area contributed by atoms with Crippen molar-refractivity contribution in [3.63, 3.8) is 0 Å². The van der Waals surface area contributed by atoms with Gasteiger partial charge in [0.25, 0.3) is 0 Å². The molecule has 0 spiro atoms. The Morgan fingerprint density at radius 1 is 0.538 bits per heavy atom. The molecule has 232 valence electrons. The van der Waals surface area contributed by atoms with Crippen LogP contribution in [0.15, 0.2) is 0 Å². The van der Waals surface area contributed by atoms with E-state index in [1.165, 1.54) is 0 Å². The molecule has 2 aliphatic rings. The first-order chi connectivity index (χ1) is 18.6. The molecule has 2 fully saturated rings. The van der Waals surface area contributed by atoms with Crippen molar-refractivity contribution in [3.05, 3.63) is 0 Å². The monoisotopic (exact) mass is 568 g/mol. The summed E-state index contributed by atoms with van der Waals surface area (Å²) in [6.07, 6.45) is -4.74. The first-order valence-corrected chi connectivity index (χ1v) is 14.5. The van der Waals surface area contributed by atoms with Crippen LogP contribution in [0.3, 0.4) is 0 Å². The van der Waals surface area contributed by atoms with Crippen molar-refractivity contribution in [2.45, 2.75) is 139 Å². The smallest absolute Gasteiger partial charge is 0.186 e. The number of aliphatic hydroxyl groups is 8. The lowest BCUT2D eigenvalue weighted by Crippen LogP contribution is -2.60. The summed E-state index contributed by atoms with van der Waals surface area (Å²) in [5, 5.41) is 80.6. The van der Waals surface area contributed by atoms with Crippen molar-refractivity contribution in [2.24, 2.45) is 5.41 Å². The van der Waals surface area contributed by atoms with Crippen LogP contribution in [0.1, 0.15) is 78.1 Å². The largest absolute Gasteiger partial charge is 0.394 e. The van der Waals surface area contributed by atoms with E-state index in [4.69, 9.17) is 18.9 Å². The molecule has 2 aliphatic heterocycles. The van der Waals surface area contributed by atoms with Gasteiger partial charge in [-0.1, -0.05) is 65.2 Å². The minimum absolute atomic E-state index is 0.0470. The summed E-state index contributed by atoms with van der Waals surface area (Å²) in [6.45, 7) is 3.19. The van der Waals surface area contributed by atoms with Crippen LogP contribution in [-0.4, -0.2) is 129 Å². The summed E-state index contributed by atoms with van der Waals surface area (Å²) in [4.78, 5) is 0. The van der Waals surface area contributed by atoms with Crippen molar-refractivity contribution in [3.8, 4) is 0 Å². The number of aliphatic hydroxyl groups excluding tert-OH is 8. The lowest BCUT2D eigenvalue weighted by Gasteiger charge is -2.43. The van der Waals surface area contributed by atoms with Crippen molar-refractivity contribution in [2.75, 3.05) is 26.4 Å². The van der Waals surface area contributed by atoms with Gasteiger partial charge in [-0.25, -0.2) is 0 Å². The first kappa shape index (κ1) is 34.7. The summed E-state index contributed by atoms with van der Waals surface area (Å²) >= 11 is 0. The quantitative estimate of drug-likeness (QED) is 0.0992. The second kappa shape index (κ2) is 17.5. The molecule has 2 rings (SSSR count). The molecule has 0 aromatic carbocycles. The maximum absolute atomic E-state index is 10.5. The van der Waals surface area contributed by atoms with E-state index in [2.05, 4.69) is 13.8 Å². The third-order valence-corrected chi connectivity index (χ3v) is 7.93. The van der Waals surface area contributed by atoms with Crippen molar-refractivity contribution in [1.82, 2.24) is 0 Å². The third-order valence-electron chi connectivity index (χ3n) is 7.93. The van der Waals surface area contributed by atoms with Gasteiger partial charge < -0.3 is 59.8 Å². The molecule has 12 nitrogen and oxygen atoms in total. The molecule has 0 aromatic rings. The fourth-order valence-electron chi connectivity index (χ4n) is 5.24. The highest BCUT2D eigenvalue weighted by atomic mass is 16.7. The third kappa shape index (κ3) is 9.79. The molecular formula is C27H52O12. The van der Waals surface area contributed by atoms with Gasteiger partial charge in [-0.3, -0.25) is 0 Å². The molecule has 0 aromatic heterocycles. The van der Waals surface area contributed by atoms with Crippen molar-refractivity contribution >= 4 is 0 Å². The zero-order chi connectivity index (χ0) is 29.0. The van der Waals surface area contributed by atoms with E-state index < -0.39 is 80.0 Å². The second-order valence-corrected chi connectivity index (χ2v) is 11.1. The average Bonchev–Trinajstić information content (AvgIpc) is 2.94. The van der Waals surface area contributed by atoms with E-state index >= 15 is 0 Å². The van der Waals surface area contributed by atoms with Gasteiger partial charge in [0, 0.05) is 5.41 Å². The van der Waals surface area contributed by atoms with Crippen LogP contribution in [0, 0.1) is 5.41 Å². The summed E-state index contributed by atoms with van der Waals surface area (Å²) in [5.41, 5.74) is -0.626. The predicted molar refractivity (Wildman–Crippen MR) is 139 cm³/mol. The minimum Gasteiger partial charge on any atom is -0.394 e. The van der Waals surface area contributed by atoms with E-state index in [0.29, 0.717) is 12.8 Å². The van der Waals surface area contributed by atoms with Crippen LogP contribution < -0.4 is 0 Å². The molecule has 12 heteroatoms. The number of rotatable bonds is 18. The number of hydrogen-bond acceptors (Lipinski definition) is 12. The van der Waals surface area contributed by atoms with Gasteiger partial charge in [0.05, 0.1) is 26.4 Å². The summed E-state index contributed by atoms with van der Waals surface area (Å²) in [7, 11) is 0. The Hall–Kier alpha value is -0.480. The van der Waals surface area contributed by atoms with E-state index in [-0.39, 0.29) is 13.2 Å². The Morgan fingerprint density at radius 3 is 1.26 bits per heavy atom. The zero-order valence-corrected chi connectivity index (χ0v) is 23.4. The summed E-state index contributed by atoms with van der Waals surface area (Å²) in [5.74, 6) is 0. The Labute approximate surface area is 231 Å². The molecule has 10 atom stereocenters. The number of ether oxygens (including phenoxy) is 4. The van der Waals surface area contributed by atoms with E-state index in [1.54, 1.807) is 0 Å². The molecule has 2 saturated heterocycles. The van der Waals surface area contributed by atoms with E-state index in [9.17, 15) is 40.9 Å². The van der Waals surface area contributed by atoms with Gasteiger partial charge in [-0.15, -0.1) is 0 Å². The molecule has 0 aliphatic carbocycles. The molecule has 0 radical (unpaired) electrons. The van der Waals surface area contributed by atoms with Gasteiger partial charge in [0.15, 0.2) is 12.6 Å². The highest BCUT2D eigenvalue weighted by Crippen LogP contribution is 2.36. The Morgan fingerprint density at radius 2 is 0.923 bits per heavy atom. The average molecular weight is 569 g/mol. The summed E-state index contributed by atoms with van der Waals surface area (Å²) < 4.78 is 23.1. The number of hydrogen-bond donors (Lipinski definition) is 8. The van der Waals surface area contributed by atoms with Crippen molar-refractivity contribution in [1.29, 1.82) is 0 Å². The fourth-order valence-corrected chi connectivity index (χ4v) is 5.24. The molecule has 0 amide bonds. The van der Waals surface area contributed by atoms with Crippen LogP contribution in [0.4, 0.5) is 0 Å². The molecule has 39 heavy (non-hydrogen) atoms. The highest BCUT2D eigenvalue weighted by Gasteiger charge is 2.47. The maximum Gasteiger partial charge on any atom is 0.186 e. The maximum atomic E-state index is 10.5. The Bertz CT molecular complexity index is 596. The lowest BCUT2D eigenvalue weighted by molar-refractivity contribution is -0.319. The topological polar surface area (TPSA) is 199 Å². The van der Waals surface area contributed by atoms with Gasteiger partial charge in [-0.05, 0) is 12.8 Å². The van der Waals surface area contributed by atoms with Crippen molar-refractivity contribution < 1.29 is 59.8 Å². The van der Waals surface area contributed by atoms with Gasteiger partial charge >= 0.3 is 0 Å². The standard InChI is InChI=1S/C27H52O12/c1-3-5-7-9-11-27(12-10-8-6-4-2,15-36-25-23(34)21(32)19(30)17(13-28)38-25)16-37-26-24(35)22(33)20(31)18(14-29)39-26/h17-26,28-35H,3-16H2,1-2H3/t17-,18-,19-,20-,21+,22+,23-,24-,25-,26-/m1/s1. The molecule has 0 saturated carbocycles. The SMILES string of the molecule is CCCCCCC(CCCCCC)(CO[C@@H]1O[C@H](CO)[C@@H](O)[C@H](O)[C@H]1O)CO[C@@H]1O[C@H](CO)[C@@H](O)[C@H](O)[C@H]1O. The highest BCUT2D eigenvalue weighted by molar-refractivity contribution is 4.91. The Kier molecular flexibility index (Phi) is 15.6. The molecule has 2 heterocycles. The number of unbranched alkanes of at least 4 members (excludes halogenated alkanes) is 6. The predicted octanol–water partition coefficient (Wildman–Crippen LogP) is -0.453. The Balaban J connectivity index is 2.21. The van der Waals surface area contributed by atoms with Crippen LogP contribution in [-0.2, 0) is 18.9 Å². The minimum atomic E-state index is -1.56. The molecule has 8 N–H and O–H groups in total. The lowest BCUT2D eigenvalue weighted by atomic mass is 9.79. The van der Waals surface area contributed by atoms with Gasteiger partial charge in [0.2, 0.25) is 0 Å². The molecule has 0 unspecified atom stereocenters. The second-order valence-electron chi connectivity index (χ2n) is 11.1. The zero-order valence-electron chi connectivity index (χ0n) is 23.4. The normalized spacial score (nSPS) is 35.8.